The Labute approximate surface area is 102 Å². The van der Waals surface area contributed by atoms with Gasteiger partial charge in [0.15, 0.2) is 0 Å². The van der Waals surface area contributed by atoms with Crippen LogP contribution < -0.4 is 4.74 Å². The maximum absolute atomic E-state index is 11.0. The number of ether oxygens (including phenoxy) is 1. The molecular weight excluding hydrogens is 218 g/mol. The molecule has 1 N–H and O–H groups in total. The fourth-order valence-corrected chi connectivity index (χ4v) is 1.89. The third-order valence-corrected chi connectivity index (χ3v) is 2.82. The normalized spacial score (nSPS) is 12.5. The highest BCUT2D eigenvalue weighted by Crippen LogP contribution is 2.20. The van der Waals surface area contributed by atoms with E-state index < -0.39 is 12.0 Å². The number of likely N-dealkylation sites (N-methyl/N-ethyl adjacent to an activating group) is 1. The highest BCUT2D eigenvalue weighted by molar-refractivity contribution is 5.73. The molecule has 1 unspecified atom stereocenters. The van der Waals surface area contributed by atoms with Crippen molar-refractivity contribution in [3.05, 3.63) is 29.8 Å². The molecule has 0 saturated heterocycles. The predicted octanol–water partition coefficient (Wildman–Crippen LogP) is 1.99. The number of hydrogen-bond acceptors (Lipinski definition) is 3. The van der Waals surface area contributed by atoms with Crippen LogP contribution in [0.25, 0.3) is 0 Å². The molecule has 0 heterocycles. The number of para-hydroxylation sites is 1. The molecule has 1 rings (SSSR count). The van der Waals surface area contributed by atoms with Gasteiger partial charge in [0.2, 0.25) is 0 Å². The van der Waals surface area contributed by atoms with Crippen molar-refractivity contribution in [1.82, 2.24) is 4.90 Å². The number of benzene rings is 1. The third-order valence-electron chi connectivity index (χ3n) is 2.82. The summed E-state index contributed by atoms with van der Waals surface area (Å²) in [6.45, 7) is 2.44. The lowest BCUT2D eigenvalue weighted by molar-refractivity contribution is -0.143. The van der Waals surface area contributed by atoms with E-state index in [-0.39, 0.29) is 0 Å². The SMILES string of the molecule is CCC(C(=O)O)N(C)Cc1ccccc1OC. The van der Waals surface area contributed by atoms with Crippen LogP contribution in [0.15, 0.2) is 24.3 Å². The number of hydrogen-bond donors (Lipinski definition) is 1. The minimum Gasteiger partial charge on any atom is -0.496 e. The fourth-order valence-electron chi connectivity index (χ4n) is 1.89. The van der Waals surface area contributed by atoms with Crippen molar-refractivity contribution in [1.29, 1.82) is 0 Å². The van der Waals surface area contributed by atoms with Crippen molar-refractivity contribution in [2.45, 2.75) is 25.9 Å². The summed E-state index contributed by atoms with van der Waals surface area (Å²) in [4.78, 5) is 12.9. The summed E-state index contributed by atoms with van der Waals surface area (Å²) < 4.78 is 5.25. The van der Waals surface area contributed by atoms with Gasteiger partial charge in [0, 0.05) is 12.1 Å². The maximum Gasteiger partial charge on any atom is 0.320 e. The molecule has 0 bridgehead atoms. The molecule has 94 valence electrons. The maximum atomic E-state index is 11.0. The molecule has 0 saturated carbocycles. The average molecular weight is 237 g/mol. The lowest BCUT2D eigenvalue weighted by Crippen LogP contribution is -2.37. The van der Waals surface area contributed by atoms with E-state index in [0.717, 1.165) is 11.3 Å². The molecule has 0 radical (unpaired) electrons. The van der Waals surface area contributed by atoms with E-state index in [2.05, 4.69) is 0 Å². The zero-order valence-electron chi connectivity index (χ0n) is 10.5. The molecule has 1 atom stereocenters. The molecule has 0 spiro atoms. The Kier molecular flexibility index (Phi) is 4.97. The molecule has 1 aromatic carbocycles. The minimum atomic E-state index is -0.787. The molecule has 4 nitrogen and oxygen atoms in total. The van der Waals surface area contributed by atoms with Gasteiger partial charge in [-0.2, -0.15) is 0 Å². The number of carboxylic acid groups (broad SMARTS) is 1. The lowest BCUT2D eigenvalue weighted by atomic mass is 10.1. The molecule has 0 amide bonds. The summed E-state index contributed by atoms with van der Waals surface area (Å²) in [6.07, 6.45) is 0.584. The average Bonchev–Trinajstić information content (AvgIpc) is 2.30. The lowest BCUT2D eigenvalue weighted by Gasteiger charge is -2.24. The highest BCUT2D eigenvalue weighted by atomic mass is 16.5. The third kappa shape index (κ3) is 3.46. The first-order valence-corrected chi connectivity index (χ1v) is 5.65. The topological polar surface area (TPSA) is 49.8 Å². The van der Waals surface area contributed by atoms with Crippen molar-refractivity contribution < 1.29 is 14.6 Å². The quantitative estimate of drug-likeness (QED) is 0.822. The van der Waals surface area contributed by atoms with Crippen LogP contribution in [-0.2, 0) is 11.3 Å². The summed E-state index contributed by atoms with van der Waals surface area (Å²) in [5.74, 6) is 0.00416. The largest absolute Gasteiger partial charge is 0.496 e. The predicted molar refractivity (Wildman–Crippen MR) is 66.2 cm³/mol. The van der Waals surface area contributed by atoms with Crippen LogP contribution in [0.1, 0.15) is 18.9 Å². The van der Waals surface area contributed by atoms with Gasteiger partial charge >= 0.3 is 5.97 Å². The van der Waals surface area contributed by atoms with Crippen molar-refractivity contribution in [3.63, 3.8) is 0 Å². The summed E-state index contributed by atoms with van der Waals surface area (Å²) >= 11 is 0. The van der Waals surface area contributed by atoms with E-state index in [9.17, 15) is 4.79 Å². The number of aliphatic carboxylic acids is 1. The standard InChI is InChI=1S/C13H19NO3/c1-4-11(13(15)16)14(2)9-10-7-5-6-8-12(10)17-3/h5-8,11H,4,9H2,1-3H3,(H,15,16). The Morgan fingerprint density at radius 3 is 2.65 bits per heavy atom. The van der Waals surface area contributed by atoms with E-state index in [1.165, 1.54) is 0 Å². The van der Waals surface area contributed by atoms with Crippen LogP contribution in [0.2, 0.25) is 0 Å². The second-order valence-corrected chi connectivity index (χ2v) is 3.99. The van der Waals surface area contributed by atoms with Crippen molar-refractivity contribution in [3.8, 4) is 5.75 Å². The van der Waals surface area contributed by atoms with Gasteiger partial charge in [-0.3, -0.25) is 9.69 Å². The molecular formula is C13H19NO3. The van der Waals surface area contributed by atoms with E-state index in [1.54, 1.807) is 7.11 Å². The van der Waals surface area contributed by atoms with Crippen molar-refractivity contribution >= 4 is 5.97 Å². The van der Waals surface area contributed by atoms with E-state index in [1.807, 2.05) is 43.1 Å². The zero-order chi connectivity index (χ0) is 12.8. The minimum absolute atomic E-state index is 0.458. The number of nitrogens with zero attached hydrogens (tertiary/aromatic N) is 1. The van der Waals surface area contributed by atoms with Crippen LogP contribution in [0, 0.1) is 0 Å². The Morgan fingerprint density at radius 2 is 2.12 bits per heavy atom. The molecule has 0 aliphatic carbocycles. The molecule has 0 aliphatic heterocycles. The molecule has 17 heavy (non-hydrogen) atoms. The number of rotatable bonds is 6. The number of carbonyl (C=O) groups is 1. The van der Waals surface area contributed by atoms with Gasteiger partial charge in [-0.25, -0.2) is 0 Å². The van der Waals surface area contributed by atoms with E-state index in [0.29, 0.717) is 13.0 Å². The summed E-state index contributed by atoms with van der Waals surface area (Å²) in [5, 5.41) is 9.08. The Morgan fingerprint density at radius 1 is 1.47 bits per heavy atom. The van der Waals surface area contributed by atoms with Crippen molar-refractivity contribution in [2.24, 2.45) is 0 Å². The first kappa shape index (κ1) is 13.5. The van der Waals surface area contributed by atoms with E-state index in [4.69, 9.17) is 9.84 Å². The monoisotopic (exact) mass is 237 g/mol. The van der Waals surface area contributed by atoms with Gasteiger partial charge in [0.25, 0.3) is 0 Å². The van der Waals surface area contributed by atoms with Crippen LogP contribution in [0.4, 0.5) is 0 Å². The summed E-state index contributed by atoms with van der Waals surface area (Å²) in [7, 11) is 3.43. The smallest absolute Gasteiger partial charge is 0.320 e. The summed E-state index contributed by atoms with van der Waals surface area (Å²) in [5.41, 5.74) is 0.997. The van der Waals surface area contributed by atoms with Crippen LogP contribution in [0.3, 0.4) is 0 Å². The fraction of sp³-hybridized carbons (Fsp3) is 0.462. The molecule has 1 aromatic rings. The number of methoxy groups -OCH3 is 1. The van der Waals surface area contributed by atoms with Crippen LogP contribution >= 0.6 is 0 Å². The van der Waals surface area contributed by atoms with Crippen LogP contribution in [0.5, 0.6) is 5.75 Å². The first-order chi connectivity index (χ1) is 8.10. The van der Waals surface area contributed by atoms with Gasteiger partial charge in [-0.1, -0.05) is 25.1 Å². The molecule has 0 aliphatic rings. The van der Waals surface area contributed by atoms with Gasteiger partial charge < -0.3 is 9.84 Å². The number of carboxylic acids is 1. The zero-order valence-corrected chi connectivity index (χ0v) is 10.5. The Hall–Kier alpha value is -1.55. The molecule has 0 fully saturated rings. The van der Waals surface area contributed by atoms with Crippen LogP contribution in [-0.4, -0.2) is 36.2 Å². The summed E-state index contributed by atoms with van der Waals surface area (Å²) in [6, 6.07) is 7.19. The Balaban J connectivity index is 2.79. The van der Waals surface area contributed by atoms with Crippen molar-refractivity contribution in [2.75, 3.05) is 14.2 Å². The molecule has 4 heteroatoms. The van der Waals surface area contributed by atoms with Gasteiger partial charge in [-0.05, 0) is 19.5 Å². The highest BCUT2D eigenvalue weighted by Gasteiger charge is 2.21. The second kappa shape index (κ2) is 6.25. The first-order valence-electron chi connectivity index (χ1n) is 5.65. The Bertz CT molecular complexity index is 379. The van der Waals surface area contributed by atoms with Gasteiger partial charge in [0.05, 0.1) is 7.11 Å². The molecule has 0 aromatic heterocycles. The van der Waals surface area contributed by atoms with E-state index >= 15 is 0 Å². The van der Waals surface area contributed by atoms with Gasteiger partial charge in [0.1, 0.15) is 11.8 Å². The van der Waals surface area contributed by atoms with Gasteiger partial charge in [-0.15, -0.1) is 0 Å². The second-order valence-electron chi connectivity index (χ2n) is 3.99.